The predicted molar refractivity (Wildman–Crippen MR) is 92.7 cm³/mol. The van der Waals surface area contributed by atoms with Crippen molar-refractivity contribution in [2.75, 3.05) is 19.3 Å². The van der Waals surface area contributed by atoms with E-state index in [0.717, 1.165) is 18.4 Å². The lowest BCUT2D eigenvalue weighted by Crippen LogP contribution is -2.27. The molecule has 8 heteroatoms. The smallest absolute Gasteiger partial charge is 0.337 e. The van der Waals surface area contributed by atoms with Gasteiger partial charge in [0.2, 0.25) is 10.0 Å². The molecular weight excluding hydrogens is 342 g/mol. The van der Waals surface area contributed by atoms with Gasteiger partial charge in [-0.25, -0.2) is 17.5 Å². The van der Waals surface area contributed by atoms with Crippen LogP contribution >= 0.6 is 0 Å². The molecular formula is C17H19N3O4S. The molecule has 0 spiro atoms. The number of sulfonamides is 1. The Labute approximate surface area is 146 Å². The van der Waals surface area contributed by atoms with E-state index in [1.54, 1.807) is 18.5 Å². The number of carboxylic acid groups (broad SMARTS) is 1. The maximum absolute atomic E-state index is 11.6. The number of carbonyl (C=O) groups is 1. The molecule has 1 aliphatic rings. The van der Waals surface area contributed by atoms with Gasteiger partial charge in [-0.2, -0.15) is 0 Å². The Bertz CT molecular complexity index is 898. The molecule has 132 valence electrons. The van der Waals surface area contributed by atoms with Crippen molar-refractivity contribution in [3.05, 3.63) is 47.9 Å². The third-order valence-electron chi connectivity index (χ3n) is 4.35. The molecule has 25 heavy (non-hydrogen) atoms. The fourth-order valence-electron chi connectivity index (χ4n) is 3.05. The van der Waals surface area contributed by atoms with E-state index in [9.17, 15) is 13.2 Å². The third kappa shape index (κ3) is 4.21. The van der Waals surface area contributed by atoms with E-state index in [1.165, 1.54) is 16.8 Å². The van der Waals surface area contributed by atoms with Crippen LogP contribution in [0.4, 0.5) is 0 Å². The van der Waals surface area contributed by atoms with Crippen molar-refractivity contribution in [1.29, 1.82) is 0 Å². The van der Waals surface area contributed by atoms with Crippen molar-refractivity contribution in [2.24, 2.45) is 5.92 Å². The topological polar surface area (TPSA) is 100 Å². The highest BCUT2D eigenvalue weighted by atomic mass is 32.2. The van der Waals surface area contributed by atoms with Crippen molar-refractivity contribution in [2.45, 2.75) is 12.8 Å². The molecule has 0 saturated carbocycles. The van der Waals surface area contributed by atoms with Crippen LogP contribution in [0.5, 0.6) is 0 Å². The Morgan fingerprint density at radius 2 is 2.16 bits per heavy atom. The maximum atomic E-state index is 11.6. The third-order valence-corrected chi connectivity index (χ3v) is 5.62. The fourth-order valence-corrected chi connectivity index (χ4v) is 3.97. The molecule has 1 unspecified atom stereocenters. The van der Waals surface area contributed by atoms with E-state index >= 15 is 0 Å². The number of hydrogen-bond donors (Lipinski definition) is 1. The van der Waals surface area contributed by atoms with Crippen LogP contribution in [0, 0.1) is 5.92 Å². The summed E-state index contributed by atoms with van der Waals surface area (Å²) in [5.41, 5.74) is 2.47. The first-order valence-corrected chi connectivity index (χ1v) is 9.76. The van der Waals surface area contributed by atoms with Crippen LogP contribution < -0.4 is 0 Å². The van der Waals surface area contributed by atoms with Gasteiger partial charge in [-0.3, -0.25) is 9.97 Å². The summed E-state index contributed by atoms with van der Waals surface area (Å²) in [7, 11) is -3.13. The molecule has 0 amide bonds. The highest BCUT2D eigenvalue weighted by Gasteiger charge is 2.28. The van der Waals surface area contributed by atoms with Gasteiger partial charge in [0.05, 0.1) is 17.5 Å². The summed E-state index contributed by atoms with van der Waals surface area (Å²) in [5, 5.41) is 9.08. The fraction of sp³-hybridized carbons (Fsp3) is 0.353. The molecule has 1 saturated heterocycles. The van der Waals surface area contributed by atoms with Gasteiger partial charge in [0.25, 0.3) is 0 Å². The first-order chi connectivity index (χ1) is 11.8. The molecule has 1 atom stereocenters. The van der Waals surface area contributed by atoms with Gasteiger partial charge >= 0.3 is 5.97 Å². The van der Waals surface area contributed by atoms with E-state index < -0.39 is 16.0 Å². The number of aromatic carboxylic acids is 1. The minimum absolute atomic E-state index is 0.115. The number of aromatic nitrogens is 2. The molecule has 0 aliphatic carbocycles. The normalized spacial score (nSPS) is 18.4. The first kappa shape index (κ1) is 17.5. The van der Waals surface area contributed by atoms with E-state index in [0.29, 0.717) is 24.3 Å². The Balaban J connectivity index is 1.77. The zero-order valence-corrected chi connectivity index (χ0v) is 14.6. The summed E-state index contributed by atoms with van der Waals surface area (Å²) in [6.45, 7) is 1.10. The number of hydrogen-bond acceptors (Lipinski definition) is 5. The summed E-state index contributed by atoms with van der Waals surface area (Å²) in [6.07, 6.45) is 7.39. The van der Waals surface area contributed by atoms with Gasteiger partial charge in [-0.1, -0.05) is 0 Å². The molecule has 7 nitrogen and oxygen atoms in total. The largest absolute Gasteiger partial charge is 0.478 e. The average molecular weight is 361 g/mol. The second-order valence-corrected chi connectivity index (χ2v) is 8.28. The van der Waals surface area contributed by atoms with Gasteiger partial charge < -0.3 is 5.11 Å². The van der Waals surface area contributed by atoms with Crippen LogP contribution in [0.3, 0.4) is 0 Å². The van der Waals surface area contributed by atoms with E-state index in [4.69, 9.17) is 5.11 Å². The zero-order chi connectivity index (χ0) is 18.0. The van der Waals surface area contributed by atoms with Crippen LogP contribution in [0.1, 0.15) is 22.3 Å². The lowest BCUT2D eigenvalue weighted by molar-refractivity contribution is 0.0696. The number of pyridine rings is 2. The van der Waals surface area contributed by atoms with Crippen LogP contribution in [0.25, 0.3) is 11.3 Å². The van der Waals surface area contributed by atoms with Gasteiger partial charge in [-0.05, 0) is 42.5 Å². The molecule has 3 heterocycles. The van der Waals surface area contributed by atoms with Crippen molar-refractivity contribution in [3.8, 4) is 11.3 Å². The lowest BCUT2D eigenvalue weighted by atomic mass is 9.98. The molecule has 0 radical (unpaired) electrons. The number of rotatable bonds is 5. The Morgan fingerprint density at radius 3 is 2.84 bits per heavy atom. The monoisotopic (exact) mass is 361 g/mol. The van der Waals surface area contributed by atoms with Gasteiger partial charge in [0.15, 0.2) is 0 Å². The number of carboxylic acids is 1. The van der Waals surface area contributed by atoms with E-state index in [-0.39, 0.29) is 11.5 Å². The maximum Gasteiger partial charge on any atom is 0.337 e. The quantitative estimate of drug-likeness (QED) is 0.869. The summed E-state index contributed by atoms with van der Waals surface area (Å²) < 4.78 is 24.8. The molecule has 1 aliphatic heterocycles. The Morgan fingerprint density at radius 1 is 1.36 bits per heavy atom. The van der Waals surface area contributed by atoms with Crippen LogP contribution in [0.15, 0.2) is 36.8 Å². The molecule has 2 aromatic heterocycles. The Hall–Kier alpha value is -2.32. The van der Waals surface area contributed by atoms with E-state index in [2.05, 4.69) is 9.97 Å². The van der Waals surface area contributed by atoms with Crippen LogP contribution in [0.2, 0.25) is 0 Å². The predicted octanol–water partition coefficient (Wildman–Crippen LogP) is 1.67. The Kier molecular flexibility index (Phi) is 4.82. The summed E-state index contributed by atoms with van der Waals surface area (Å²) >= 11 is 0. The van der Waals surface area contributed by atoms with E-state index in [1.807, 2.05) is 12.1 Å². The van der Waals surface area contributed by atoms with Crippen molar-refractivity contribution >= 4 is 16.0 Å². The summed E-state index contributed by atoms with van der Waals surface area (Å²) in [5.74, 6) is -0.759. The zero-order valence-electron chi connectivity index (χ0n) is 13.8. The second kappa shape index (κ2) is 6.89. The highest BCUT2D eigenvalue weighted by molar-refractivity contribution is 7.88. The minimum Gasteiger partial charge on any atom is -0.478 e. The molecule has 1 fully saturated rings. The lowest BCUT2D eigenvalue weighted by Gasteiger charge is -2.13. The molecule has 2 aromatic rings. The molecule has 1 N–H and O–H groups in total. The first-order valence-electron chi connectivity index (χ1n) is 7.91. The standard InChI is InChI=1S/C17H19N3O4S/c1-25(23,24)20-5-3-13(11-20)6-12-2-4-19-16(7-12)14-8-15(17(21)22)10-18-9-14/h2,4,7-10,13H,3,5-6,11H2,1H3,(H,21,22). The van der Waals surface area contributed by atoms with Gasteiger partial charge in [0, 0.05) is 37.2 Å². The van der Waals surface area contributed by atoms with Crippen molar-refractivity contribution in [1.82, 2.24) is 14.3 Å². The van der Waals surface area contributed by atoms with Crippen LogP contribution in [-0.2, 0) is 16.4 Å². The number of nitrogens with zero attached hydrogens (tertiary/aromatic N) is 3. The van der Waals surface area contributed by atoms with Crippen LogP contribution in [-0.4, -0.2) is 53.1 Å². The minimum atomic E-state index is -3.13. The van der Waals surface area contributed by atoms with Gasteiger partial charge in [0.1, 0.15) is 0 Å². The molecule has 3 rings (SSSR count). The van der Waals surface area contributed by atoms with Gasteiger partial charge in [-0.15, -0.1) is 0 Å². The van der Waals surface area contributed by atoms with Crippen molar-refractivity contribution < 1.29 is 18.3 Å². The average Bonchev–Trinajstić information content (AvgIpc) is 3.04. The molecule has 0 bridgehead atoms. The highest BCUT2D eigenvalue weighted by Crippen LogP contribution is 2.24. The second-order valence-electron chi connectivity index (χ2n) is 6.30. The summed E-state index contributed by atoms with van der Waals surface area (Å²) in [6, 6.07) is 5.36. The SMILES string of the molecule is CS(=O)(=O)N1CCC(Cc2ccnc(-c3cncc(C(=O)O)c3)c2)C1. The molecule has 0 aromatic carbocycles. The van der Waals surface area contributed by atoms with Crippen molar-refractivity contribution in [3.63, 3.8) is 0 Å². The summed E-state index contributed by atoms with van der Waals surface area (Å²) in [4.78, 5) is 19.3.